The zero-order valence-corrected chi connectivity index (χ0v) is 13.5. The van der Waals surface area contributed by atoms with E-state index in [0.717, 1.165) is 16.9 Å². The van der Waals surface area contributed by atoms with Gasteiger partial charge in [0.1, 0.15) is 0 Å². The molecule has 0 aliphatic heterocycles. The lowest BCUT2D eigenvalue weighted by Gasteiger charge is -2.18. The molecule has 0 unspecified atom stereocenters. The summed E-state index contributed by atoms with van der Waals surface area (Å²) in [6.07, 6.45) is 0. The summed E-state index contributed by atoms with van der Waals surface area (Å²) in [5.41, 5.74) is 3.71. The molecule has 0 aliphatic carbocycles. The number of methoxy groups -OCH3 is 1. The van der Waals surface area contributed by atoms with Gasteiger partial charge in [0.15, 0.2) is 0 Å². The third-order valence-electron chi connectivity index (χ3n) is 3.62. The Hall–Kier alpha value is -2.53. The monoisotopic (exact) mass is 314 g/mol. The summed E-state index contributed by atoms with van der Waals surface area (Å²) in [6.45, 7) is 1.42. The topological polar surface area (TPSA) is 61.8 Å². The Labute approximate surface area is 136 Å². The first-order valence-electron chi connectivity index (χ1n) is 7.47. The van der Waals surface area contributed by atoms with Crippen LogP contribution in [-0.2, 0) is 11.3 Å². The minimum absolute atomic E-state index is 0.137. The lowest BCUT2D eigenvalue weighted by Crippen LogP contribution is -2.20. The summed E-state index contributed by atoms with van der Waals surface area (Å²) >= 11 is 0. The molecular weight excluding hydrogens is 292 g/mol. The average molecular weight is 314 g/mol. The number of aliphatic hydroxyl groups is 1. The first-order chi connectivity index (χ1) is 11.1. The molecule has 0 fully saturated rings. The van der Waals surface area contributed by atoms with Crippen molar-refractivity contribution >= 4 is 17.3 Å². The van der Waals surface area contributed by atoms with E-state index in [-0.39, 0.29) is 12.6 Å². The highest BCUT2D eigenvalue weighted by atomic mass is 16.5. The number of carbonyl (C=O) groups is 1. The van der Waals surface area contributed by atoms with Crippen molar-refractivity contribution in [1.82, 2.24) is 0 Å². The normalized spacial score (nSPS) is 10.2. The molecule has 0 aromatic heterocycles. The fraction of sp³-hybridized carbons (Fsp3) is 0.278. The minimum atomic E-state index is -0.327. The van der Waals surface area contributed by atoms with Gasteiger partial charge in [0.25, 0.3) is 0 Å². The van der Waals surface area contributed by atoms with E-state index in [4.69, 9.17) is 5.11 Å². The van der Waals surface area contributed by atoms with Crippen LogP contribution in [0.25, 0.3) is 0 Å². The van der Waals surface area contributed by atoms with Gasteiger partial charge < -0.3 is 20.1 Å². The van der Waals surface area contributed by atoms with Crippen molar-refractivity contribution in [2.75, 3.05) is 37.5 Å². The summed E-state index contributed by atoms with van der Waals surface area (Å²) < 4.78 is 4.68. The summed E-state index contributed by atoms with van der Waals surface area (Å²) in [4.78, 5) is 13.4. The number of esters is 1. The van der Waals surface area contributed by atoms with Crippen molar-refractivity contribution in [3.05, 3.63) is 59.7 Å². The van der Waals surface area contributed by atoms with Crippen LogP contribution < -0.4 is 10.2 Å². The molecule has 0 amide bonds. The van der Waals surface area contributed by atoms with Gasteiger partial charge in [-0.2, -0.15) is 0 Å². The second kappa shape index (κ2) is 8.19. The molecule has 5 nitrogen and oxygen atoms in total. The molecule has 0 bridgehead atoms. The fourth-order valence-corrected chi connectivity index (χ4v) is 2.19. The third-order valence-corrected chi connectivity index (χ3v) is 3.62. The van der Waals surface area contributed by atoms with Gasteiger partial charge in [0.05, 0.1) is 19.3 Å². The van der Waals surface area contributed by atoms with Crippen LogP contribution in [0.5, 0.6) is 0 Å². The molecule has 122 valence electrons. The Morgan fingerprint density at radius 1 is 1.13 bits per heavy atom. The predicted molar refractivity (Wildman–Crippen MR) is 91.9 cm³/mol. The second-order valence-corrected chi connectivity index (χ2v) is 5.23. The quantitative estimate of drug-likeness (QED) is 0.769. The van der Waals surface area contributed by atoms with E-state index >= 15 is 0 Å². The number of nitrogens with one attached hydrogen (secondary N) is 1. The van der Waals surface area contributed by atoms with E-state index in [1.807, 2.05) is 48.3 Å². The number of hydrogen-bond donors (Lipinski definition) is 2. The zero-order chi connectivity index (χ0) is 16.7. The van der Waals surface area contributed by atoms with Crippen molar-refractivity contribution in [2.45, 2.75) is 6.54 Å². The summed E-state index contributed by atoms with van der Waals surface area (Å²) in [5, 5.41) is 12.3. The van der Waals surface area contributed by atoms with Crippen LogP contribution in [0.2, 0.25) is 0 Å². The highest BCUT2D eigenvalue weighted by molar-refractivity contribution is 5.89. The first kappa shape index (κ1) is 16.8. The van der Waals surface area contributed by atoms with Crippen LogP contribution in [0.15, 0.2) is 48.5 Å². The van der Waals surface area contributed by atoms with Gasteiger partial charge >= 0.3 is 5.97 Å². The van der Waals surface area contributed by atoms with Gasteiger partial charge in [-0.15, -0.1) is 0 Å². The number of aliphatic hydroxyl groups excluding tert-OH is 1. The Balaban J connectivity index is 1.91. The molecule has 2 aromatic carbocycles. The minimum Gasteiger partial charge on any atom is -0.465 e. The highest BCUT2D eigenvalue weighted by Gasteiger charge is 2.04. The van der Waals surface area contributed by atoms with Crippen LogP contribution in [-0.4, -0.2) is 38.4 Å². The first-order valence-corrected chi connectivity index (χ1v) is 7.47. The lowest BCUT2D eigenvalue weighted by atomic mass is 10.1. The van der Waals surface area contributed by atoms with E-state index in [1.165, 1.54) is 7.11 Å². The molecular formula is C18H22N2O3. The molecule has 23 heavy (non-hydrogen) atoms. The van der Waals surface area contributed by atoms with Crippen LogP contribution in [0.1, 0.15) is 15.9 Å². The molecule has 2 N–H and O–H groups in total. The molecule has 0 radical (unpaired) electrons. The van der Waals surface area contributed by atoms with Gasteiger partial charge in [-0.1, -0.05) is 12.1 Å². The molecule has 0 atom stereocenters. The molecule has 0 heterocycles. The smallest absolute Gasteiger partial charge is 0.337 e. The maximum absolute atomic E-state index is 11.4. The van der Waals surface area contributed by atoms with Crippen LogP contribution in [0.3, 0.4) is 0 Å². The van der Waals surface area contributed by atoms with Crippen molar-refractivity contribution in [3.63, 3.8) is 0 Å². The molecule has 0 aliphatic rings. The molecule has 0 saturated carbocycles. The lowest BCUT2D eigenvalue weighted by molar-refractivity contribution is 0.0600. The number of nitrogens with zero attached hydrogens (tertiary/aromatic N) is 1. The Kier molecular flexibility index (Phi) is 6.00. The van der Waals surface area contributed by atoms with E-state index in [9.17, 15) is 4.79 Å². The maximum atomic E-state index is 11.4. The van der Waals surface area contributed by atoms with Crippen molar-refractivity contribution in [2.24, 2.45) is 0 Å². The number of likely N-dealkylation sites (N-methyl/N-ethyl adjacent to an activating group) is 1. The van der Waals surface area contributed by atoms with Crippen molar-refractivity contribution in [3.8, 4) is 0 Å². The summed E-state index contributed by atoms with van der Waals surface area (Å²) in [5.74, 6) is -0.327. The maximum Gasteiger partial charge on any atom is 0.337 e. The standard InChI is InChI=1S/C18H22N2O3/c1-20(11-12-21)17-9-7-16(8-10-17)19-13-14-3-5-15(6-4-14)18(22)23-2/h3-10,19,21H,11-13H2,1-2H3. The number of rotatable bonds is 7. The van der Waals surface area contributed by atoms with Gasteiger partial charge in [0, 0.05) is 31.5 Å². The van der Waals surface area contributed by atoms with Crippen LogP contribution >= 0.6 is 0 Å². The van der Waals surface area contributed by atoms with Gasteiger partial charge in [-0.05, 0) is 42.0 Å². The summed E-state index contributed by atoms with van der Waals surface area (Å²) in [6, 6.07) is 15.4. The summed E-state index contributed by atoms with van der Waals surface area (Å²) in [7, 11) is 3.32. The average Bonchev–Trinajstić information content (AvgIpc) is 2.60. The van der Waals surface area contributed by atoms with Gasteiger partial charge in [0.2, 0.25) is 0 Å². The molecule has 2 aromatic rings. The van der Waals surface area contributed by atoms with Crippen molar-refractivity contribution in [1.29, 1.82) is 0 Å². The molecule has 0 saturated heterocycles. The van der Waals surface area contributed by atoms with E-state index < -0.39 is 0 Å². The second-order valence-electron chi connectivity index (χ2n) is 5.23. The van der Waals surface area contributed by atoms with Crippen LogP contribution in [0.4, 0.5) is 11.4 Å². The van der Waals surface area contributed by atoms with Crippen molar-refractivity contribution < 1.29 is 14.6 Å². The largest absolute Gasteiger partial charge is 0.465 e. The fourth-order valence-electron chi connectivity index (χ4n) is 2.19. The number of carbonyl (C=O) groups excluding carboxylic acids is 1. The zero-order valence-electron chi connectivity index (χ0n) is 13.5. The molecule has 5 heteroatoms. The predicted octanol–water partition coefficient (Wildman–Crippen LogP) is 2.51. The van der Waals surface area contributed by atoms with Gasteiger partial charge in [-0.3, -0.25) is 0 Å². The van der Waals surface area contributed by atoms with E-state index in [1.54, 1.807) is 12.1 Å². The van der Waals surface area contributed by atoms with Crippen LogP contribution in [0, 0.1) is 0 Å². The Morgan fingerprint density at radius 3 is 2.35 bits per heavy atom. The Morgan fingerprint density at radius 2 is 1.78 bits per heavy atom. The molecule has 0 spiro atoms. The number of ether oxygens (including phenoxy) is 1. The van der Waals surface area contributed by atoms with Gasteiger partial charge in [-0.25, -0.2) is 4.79 Å². The number of benzene rings is 2. The van der Waals surface area contributed by atoms with E-state index in [0.29, 0.717) is 18.7 Å². The Bertz CT molecular complexity index is 624. The van der Waals surface area contributed by atoms with E-state index in [2.05, 4.69) is 10.1 Å². The highest BCUT2D eigenvalue weighted by Crippen LogP contribution is 2.17. The third kappa shape index (κ3) is 4.72. The number of anilines is 2. The number of hydrogen-bond acceptors (Lipinski definition) is 5. The SMILES string of the molecule is COC(=O)c1ccc(CNc2ccc(N(C)CCO)cc2)cc1. The molecule has 2 rings (SSSR count).